The molecule has 3 fully saturated rings. The first kappa shape index (κ1) is 24.7. The summed E-state index contributed by atoms with van der Waals surface area (Å²) in [5.41, 5.74) is 0. The molecule has 3 rings (SSSR count). The van der Waals surface area contributed by atoms with Gasteiger partial charge in [-0.1, -0.05) is 25.2 Å². The molecule has 0 atom stereocenters. The highest BCUT2D eigenvalue weighted by molar-refractivity contribution is 7.87. The molecule has 178 valence electrons. The largest absolute Gasteiger partial charge is 0.391 e. The third-order valence-electron chi connectivity index (χ3n) is 6.53. The Morgan fingerprint density at radius 1 is 0.871 bits per heavy atom. The van der Waals surface area contributed by atoms with Crippen molar-refractivity contribution < 1.29 is 35.2 Å². The first-order valence-electron chi connectivity index (χ1n) is 11.2. The van der Waals surface area contributed by atoms with Crippen LogP contribution in [0.5, 0.6) is 0 Å². The molecule has 0 spiro atoms. The Kier molecular flexibility index (Phi) is 8.63. The maximum absolute atomic E-state index is 12.7. The Hall–Kier alpha value is -0.900. The summed E-state index contributed by atoms with van der Waals surface area (Å²) in [6, 6.07) is 0. The van der Waals surface area contributed by atoms with Crippen LogP contribution in [0.2, 0.25) is 0 Å². The van der Waals surface area contributed by atoms with E-state index in [4.69, 9.17) is 13.7 Å². The summed E-state index contributed by atoms with van der Waals surface area (Å²) in [4.78, 5) is 0. The highest BCUT2D eigenvalue weighted by Crippen LogP contribution is 2.39. The number of halogens is 3. The van der Waals surface area contributed by atoms with Crippen molar-refractivity contribution in [3.63, 3.8) is 0 Å². The molecule has 9 heteroatoms. The van der Waals surface area contributed by atoms with Crippen molar-refractivity contribution in [2.75, 3.05) is 13.2 Å². The van der Waals surface area contributed by atoms with E-state index in [-0.39, 0.29) is 32.0 Å². The topological polar surface area (TPSA) is 61.8 Å². The minimum atomic E-state index is -4.08. The van der Waals surface area contributed by atoms with Gasteiger partial charge in [0.15, 0.2) is 6.29 Å². The fourth-order valence-electron chi connectivity index (χ4n) is 4.47. The van der Waals surface area contributed by atoms with Crippen molar-refractivity contribution in [3.8, 4) is 0 Å². The summed E-state index contributed by atoms with van der Waals surface area (Å²) in [5, 5.41) is -0.447. The average Bonchev–Trinajstić information content (AvgIpc) is 2.72. The van der Waals surface area contributed by atoms with Crippen molar-refractivity contribution in [2.45, 2.75) is 82.1 Å². The SMILES string of the molecule is CC1CCC(S(=O)(=O)OC2COC(/C=C/C=C/C3CCC(C(F)(F)F)CC3)OC2)CC1. The quantitative estimate of drug-likeness (QED) is 0.401. The smallest absolute Gasteiger partial charge is 0.346 e. The van der Waals surface area contributed by atoms with E-state index in [0.717, 1.165) is 12.8 Å². The van der Waals surface area contributed by atoms with Gasteiger partial charge in [-0.15, -0.1) is 0 Å². The fourth-order valence-corrected chi connectivity index (χ4v) is 5.97. The third-order valence-corrected chi connectivity index (χ3v) is 8.36. The Labute approximate surface area is 183 Å². The van der Waals surface area contributed by atoms with Crippen LogP contribution >= 0.6 is 0 Å². The van der Waals surface area contributed by atoms with Gasteiger partial charge in [0.2, 0.25) is 0 Å². The van der Waals surface area contributed by atoms with Gasteiger partial charge < -0.3 is 9.47 Å². The minimum absolute atomic E-state index is 0.128. The summed E-state index contributed by atoms with van der Waals surface area (Å²) >= 11 is 0. The highest BCUT2D eigenvalue weighted by Gasteiger charge is 2.41. The molecule has 0 unspecified atom stereocenters. The fraction of sp³-hybridized carbons (Fsp3) is 0.818. The molecule has 1 saturated heterocycles. The zero-order valence-electron chi connectivity index (χ0n) is 17.9. The Bertz CT molecular complexity index is 710. The second kappa shape index (κ2) is 10.8. The van der Waals surface area contributed by atoms with Gasteiger partial charge in [0, 0.05) is 0 Å². The van der Waals surface area contributed by atoms with Crippen LogP contribution in [0.4, 0.5) is 13.2 Å². The third kappa shape index (κ3) is 7.58. The van der Waals surface area contributed by atoms with Crippen molar-refractivity contribution in [3.05, 3.63) is 24.3 Å². The Morgan fingerprint density at radius 3 is 2.03 bits per heavy atom. The molecule has 0 amide bonds. The number of alkyl halides is 3. The van der Waals surface area contributed by atoms with Crippen LogP contribution < -0.4 is 0 Å². The van der Waals surface area contributed by atoms with Gasteiger partial charge >= 0.3 is 6.18 Å². The van der Waals surface area contributed by atoms with Gasteiger partial charge in [-0.05, 0) is 69.3 Å². The predicted molar refractivity (Wildman–Crippen MR) is 111 cm³/mol. The number of hydrogen-bond acceptors (Lipinski definition) is 5. The molecular weight excluding hydrogens is 433 g/mol. The molecule has 0 radical (unpaired) electrons. The monoisotopic (exact) mass is 466 g/mol. The van der Waals surface area contributed by atoms with Crippen LogP contribution in [-0.4, -0.2) is 45.5 Å². The summed E-state index contributed by atoms with van der Waals surface area (Å²) in [7, 11) is -3.63. The molecule has 2 saturated carbocycles. The van der Waals surface area contributed by atoms with E-state index in [1.54, 1.807) is 12.2 Å². The van der Waals surface area contributed by atoms with Gasteiger partial charge in [-0.3, -0.25) is 4.18 Å². The van der Waals surface area contributed by atoms with E-state index in [9.17, 15) is 21.6 Å². The normalized spacial score (nSPS) is 36.3. The zero-order valence-corrected chi connectivity index (χ0v) is 18.7. The van der Waals surface area contributed by atoms with E-state index in [1.165, 1.54) is 0 Å². The van der Waals surface area contributed by atoms with Gasteiger partial charge in [-0.2, -0.15) is 21.6 Å². The highest BCUT2D eigenvalue weighted by atomic mass is 32.2. The lowest BCUT2D eigenvalue weighted by atomic mass is 9.81. The van der Waals surface area contributed by atoms with Gasteiger partial charge in [0.1, 0.15) is 6.10 Å². The summed E-state index contributed by atoms with van der Waals surface area (Å²) in [5.74, 6) is -0.455. The minimum Gasteiger partial charge on any atom is -0.346 e. The molecule has 5 nitrogen and oxygen atoms in total. The summed E-state index contributed by atoms with van der Waals surface area (Å²) < 4.78 is 79.4. The standard InChI is InChI=1S/C22H33F3O5S/c1-16-6-12-20(13-7-16)31(26,27)30-19-14-28-21(29-15-19)5-3-2-4-17-8-10-18(11-9-17)22(23,24)25/h2-5,16-21H,6-15H2,1H3/b4-2+,5-3+. The second-order valence-corrected chi connectivity index (χ2v) is 10.9. The van der Waals surface area contributed by atoms with Crippen molar-refractivity contribution in [1.29, 1.82) is 0 Å². The summed E-state index contributed by atoms with van der Waals surface area (Å²) in [6.07, 6.45) is 6.37. The maximum Gasteiger partial charge on any atom is 0.391 e. The van der Waals surface area contributed by atoms with Crippen LogP contribution in [-0.2, 0) is 23.8 Å². The molecule has 3 aliphatic rings. The molecule has 0 aromatic heterocycles. The number of rotatable bonds is 6. The molecule has 0 N–H and O–H groups in total. The van der Waals surface area contributed by atoms with E-state index in [0.29, 0.717) is 31.6 Å². The van der Waals surface area contributed by atoms with E-state index in [2.05, 4.69) is 6.92 Å². The van der Waals surface area contributed by atoms with Crippen molar-refractivity contribution in [2.24, 2.45) is 17.8 Å². The molecule has 1 heterocycles. The Morgan fingerprint density at radius 2 is 1.45 bits per heavy atom. The average molecular weight is 467 g/mol. The molecule has 31 heavy (non-hydrogen) atoms. The zero-order chi connectivity index (χ0) is 22.5. The van der Waals surface area contributed by atoms with E-state index >= 15 is 0 Å². The Balaban J connectivity index is 1.35. The molecule has 0 aromatic rings. The van der Waals surface area contributed by atoms with E-state index in [1.807, 2.05) is 12.2 Å². The predicted octanol–water partition coefficient (Wildman–Crippen LogP) is 5.13. The second-order valence-electron chi connectivity index (χ2n) is 9.05. The van der Waals surface area contributed by atoms with Crippen LogP contribution in [0.3, 0.4) is 0 Å². The first-order chi connectivity index (χ1) is 14.6. The lowest BCUT2D eigenvalue weighted by Crippen LogP contribution is -2.40. The van der Waals surface area contributed by atoms with Crippen molar-refractivity contribution >= 4 is 10.1 Å². The molecule has 1 aliphatic heterocycles. The van der Waals surface area contributed by atoms with Crippen LogP contribution in [0.25, 0.3) is 0 Å². The molecular formula is C22H33F3O5S. The van der Waals surface area contributed by atoms with Crippen LogP contribution in [0, 0.1) is 17.8 Å². The number of hydrogen-bond donors (Lipinski definition) is 0. The lowest BCUT2D eigenvalue weighted by molar-refractivity contribution is -0.186. The van der Waals surface area contributed by atoms with Crippen LogP contribution in [0.1, 0.15) is 58.3 Å². The maximum atomic E-state index is 12.7. The molecule has 0 aromatic carbocycles. The van der Waals surface area contributed by atoms with E-state index < -0.39 is 39.9 Å². The number of allylic oxidation sites excluding steroid dienone is 3. The van der Waals surface area contributed by atoms with Crippen molar-refractivity contribution in [1.82, 2.24) is 0 Å². The molecule has 2 aliphatic carbocycles. The van der Waals surface area contributed by atoms with Gasteiger partial charge in [-0.25, -0.2) is 0 Å². The summed E-state index contributed by atoms with van der Waals surface area (Å²) in [6.45, 7) is 2.39. The van der Waals surface area contributed by atoms with Crippen LogP contribution in [0.15, 0.2) is 24.3 Å². The van der Waals surface area contributed by atoms with Gasteiger partial charge in [0.25, 0.3) is 10.1 Å². The van der Waals surface area contributed by atoms with Gasteiger partial charge in [0.05, 0.1) is 24.4 Å². The first-order valence-corrected chi connectivity index (χ1v) is 12.7. The lowest BCUT2D eigenvalue weighted by Gasteiger charge is -2.30. The number of ether oxygens (including phenoxy) is 2. The molecule has 0 bridgehead atoms.